The molecule has 114 valence electrons. The lowest BCUT2D eigenvalue weighted by molar-refractivity contribution is 0.447. The first-order chi connectivity index (χ1) is 10.1. The van der Waals surface area contributed by atoms with Crippen LogP contribution in [0.1, 0.15) is 30.8 Å². The number of aromatic nitrogens is 3. The van der Waals surface area contributed by atoms with Gasteiger partial charge in [-0.2, -0.15) is 5.10 Å². The van der Waals surface area contributed by atoms with Crippen LogP contribution in [0, 0.1) is 18.8 Å². The van der Waals surface area contributed by atoms with E-state index in [9.17, 15) is 0 Å². The second-order valence-electron chi connectivity index (χ2n) is 6.17. The highest BCUT2D eigenvalue weighted by atomic mass is 35.5. The van der Waals surface area contributed by atoms with Gasteiger partial charge < -0.3 is 0 Å². The summed E-state index contributed by atoms with van der Waals surface area (Å²) in [6.45, 7) is 7.42. The lowest BCUT2D eigenvalue weighted by Crippen LogP contribution is -2.16. The predicted octanol–water partition coefficient (Wildman–Crippen LogP) is 3.88. The molecule has 0 aliphatic carbocycles. The molecule has 0 aliphatic heterocycles. The Kier molecular flexibility index (Phi) is 5.80. The smallest absolute Gasteiger partial charge is 0.138 e. The minimum Gasteiger partial charge on any atom is -0.250 e. The van der Waals surface area contributed by atoms with Gasteiger partial charge in [-0.25, -0.2) is 9.67 Å². The van der Waals surface area contributed by atoms with Crippen LogP contribution in [-0.4, -0.2) is 20.6 Å². The van der Waals surface area contributed by atoms with Gasteiger partial charge in [0.05, 0.1) is 0 Å². The summed E-state index contributed by atoms with van der Waals surface area (Å²) in [5.41, 5.74) is 2.64. The lowest BCUT2D eigenvalue weighted by Gasteiger charge is -2.15. The number of hydrogen-bond donors (Lipinski definition) is 0. The van der Waals surface area contributed by atoms with Gasteiger partial charge >= 0.3 is 0 Å². The van der Waals surface area contributed by atoms with Crippen molar-refractivity contribution >= 4 is 11.6 Å². The maximum atomic E-state index is 6.17. The number of alkyl halides is 1. The van der Waals surface area contributed by atoms with Crippen molar-refractivity contribution in [1.82, 2.24) is 14.8 Å². The van der Waals surface area contributed by atoms with Crippen molar-refractivity contribution < 1.29 is 0 Å². The Morgan fingerprint density at radius 3 is 2.71 bits per heavy atom. The van der Waals surface area contributed by atoms with Crippen molar-refractivity contribution in [3.63, 3.8) is 0 Å². The third-order valence-corrected chi connectivity index (χ3v) is 3.97. The van der Waals surface area contributed by atoms with Crippen LogP contribution in [0.3, 0.4) is 0 Å². The third-order valence-electron chi connectivity index (χ3n) is 3.53. The zero-order valence-electron chi connectivity index (χ0n) is 13.1. The maximum absolute atomic E-state index is 6.17. The van der Waals surface area contributed by atoms with E-state index in [1.807, 2.05) is 4.68 Å². The molecular weight excluding hydrogens is 282 g/mol. The van der Waals surface area contributed by atoms with Gasteiger partial charge in [-0.3, -0.25) is 0 Å². The quantitative estimate of drug-likeness (QED) is 0.727. The van der Waals surface area contributed by atoms with Crippen molar-refractivity contribution in [3.8, 4) is 0 Å². The molecule has 0 saturated heterocycles. The minimum atomic E-state index is 0.392. The van der Waals surface area contributed by atoms with Crippen molar-refractivity contribution in [2.45, 2.75) is 40.2 Å². The number of hydrogen-bond acceptors (Lipinski definition) is 2. The van der Waals surface area contributed by atoms with Crippen LogP contribution in [0.15, 0.2) is 30.6 Å². The SMILES string of the molecule is Cc1cccc(CC(CCl)Cc2ncnn2CC(C)C)c1. The molecule has 1 heterocycles. The zero-order valence-corrected chi connectivity index (χ0v) is 13.8. The van der Waals surface area contributed by atoms with E-state index in [0.29, 0.717) is 17.7 Å². The highest BCUT2D eigenvalue weighted by Crippen LogP contribution is 2.16. The Bertz CT molecular complexity index is 563. The summed E-state index contributed by atoms with van der Waals surface area (Å²) >= 11 is 6.17. The number of benzene rings is 1. The normalized spacial score (nSPS) is 12.8. The molecule has 2 rings (SSSR count). The topological polar surface area (TPSA) is 30.7 Å². The summed E-state index contributed by atoms with van der Waals surface area (Å²) < 4.78 is 2.01. The molecule has 0 radical (unpaired) electrons. The number of aryl methyl sites for hydroxylation is 1. The van der Waals surface area contributed by atoms with Gasteiger partial charge in [0.2, 0.25) is 0 Å². The molecule has 0 fully saturated rings. The van der Waals surface area contributed by atoms with Crippen molar-refractivity contribution in [2.24, 2.45) is 11.8 Å². The molecule has 0 saturated carbocycles. The highest BCUT2D eigenvalue weighted by Gasteiger charge is 2.14. The molecule has 0 spiro atoms. The number of halogens is 1. The summed E-state index contributed by atoms with van der Waals surface area (Å²) in [5.74, 6) is 2.64. The Balaban J connectivity index is 2.04. The van der Waals surface area contributed by atoms with Crippen molar-refractivity contribution in [3.05, 3.63) is 47.5 Å². The van der Waals surface area contributed by atoms with Crippen LogP contribution in [0.2, 0.25) is 0 Å². The van der Waals surface area contributed by atoms with E-state index in [1.165, 1.54) is 11.1 Å². The van der Waals surface area contributed by atoms with Gasteiger partial charge in [-0.15, -0.1) is 11.6 Å². The molecule has 1 aromatic carbocycles. The summed E-state index contributed by atoms with van der Waals surface area (Å²) in [6, 6.07) is 8.64. The van der Waals surface area contributed by atoms with E-state index >= 15 is 0 Å². The summed E-state index contributed by atoms with van der Waals surface area (Å²) in [6.07, 6.45) is 3.51. The minimum absolute atomic E-state index is 0.392. The first-order valence-corrected chi connectivity index (χ1v) is 8.10. The molecule has 3 nitrogen and oxygen atoms in total. The van der Waals surface area contributed by atoms with Gasteiger partial charge in [-0.05, 0) is 30.7 Å². The van der Waals surface area contributed by atoms with Gasteiger partial charge in [-0.1, -0.05) is 43.7 Å². The van der Waals surface area contributed by atoms with Crippen LogP contribution in [-0.2, 0) is 19.4 Å². The Morgan fingerprint density at radius 2 is 2.05 bits per heavy atom. The lowest BCUT2D eigenvalue weighted by atomic mass is 9.96. The fraction of sp³-hybridized carbons (Fsp3) is 0.529. The van der Waals surface area contributed by atoms with Gasteiger partial charge in [0.15, 0.2) is 0 Å². The molecular formula is C17H24ClN3. The molecule has 21 heavy (non-hydrogen) atoms. The van der Waals surface area contributed by atoms with E-state index in [4.69, 9.17) is 11.6 Å². The maximum Gasteiger partial charge on any atom is 0.138 e. The predicted molar refractivity (Wildman–Crippen MR) is 87.7 cm³/mol. The van der Waals surface area contributed by atoms with Gasteiger partial charge in [0, 0.05) is 18.8 Å². The second-order valence-corrected chi connectivity index (χ2v) is 6.48. The molecule has 4 heteroatoms. The molecule has 0 bridgehead atoms. The standard InChI is InChI=1S/C17H24ClN3/c1-13(2)11-21-17(19-12-20-21)9-16(10-18)8-15-6-4-5-14(3)7-15/h4-7,12-13,16H,8-11H2,1-3H3. The fourth-order valence-corrected chi connectivity index (χ4v) is 2.77. The van der Waals surface area contributed by atoms with Crippen molar-refractivity contribution in [1.29, 1.82) is 0 Å². The second kappa shape index (κ2) is 7.60. The van der Waals surface area contributed by atoms with Crippen LogP contribution >= 0.6 is 11.6 Å². The average Bonchev–Trinajstić information content (AvgIpc) is 2.84. The Labute approximate surface area is 132 Å². The molecule has 1 atom stereocenters. The Morgan fingerprint density at radius 1 is 1.24 bits per heavy atom. The molecule has 2 aromatic rings. The first kappa shape index (κ1) is 16.0. The number of nitrogens with zero attached hydrogens (tertiary/aromatic N) is 3. The fourth-order valence-electron chi connectivity index (χ4n) is 2.56. The number of rotatable bonds is 7. The summed E-state index contributed by atoms with van der Waals surface area (Å²) in [7, 11) is 0. The van der Waals surface area contributed by atoms with E-state index in [1.54, 1.807) is 6.33 Å². The summed E-state index contributed by atoms with van der Waals surface area (Å²) in [5, 5.41) is 4.33. The van der Waals surface area contributed by atoms with Crippen LogP contribution in [0.25, 0.3) is 0 Å². The first-order valence-electron chi connectivity index (χ1n) is 7.56. The molecule has 0 amide bonds. The van der Waals surface area contributed by atoms with E-state index in [-0.39, 0.29) is 0 Å². The molecule has 0 aliphatic rings. The van der Waals surface area contributed by atoms with E-state index < -0.39 is 0 Å². The average molecular weight is 306 g/mol. The zero-order chi connectivity index (χ0) is 15.2. The Hall–Kier alpha value is -1.35. The van der Waals surface area contributed by atoms with Crippen LogP contribution in [0.4, 0.5) is 0 Å². The third kappa shape index (κ3) is 4.85. The molecule has 0 N–H and O–H groups in total. The van der Waals surface area contributed by atoms with Gasteiger partial charge in [0.25, 0.3) is 0 Å². The monoisotopic (exact) mass is 305 g/mol. The van der Waals surface area contributed by atoms with Crippen molar-refractivity contribution in [2.75, 3.05) is 5.88 Å². The van der Waals surface area contributed by atoms with Crippen LogP contribution in [0.5, 0.6) is 0 Å². The largest absolute Gasteiger partial charge is 0.250 e. The molecule has 1 aromatic heterocycles. The van der Waals surface area contributed by atoms with E-state index in [0.717, 1.165) is 25.2 Å². The highest BCUT2D eigenvalue weighted by molar-refractivity contribution is 6.18. The van der Waals surface area contributed by atoms with Crippen LogP contribution < -0.4 is 0 Å². The van der Waals surface area contributed by atoms with E-state index in [2.05, 4.69) is 55.1 Å². The molecule has 1 unspecified atom stereocenters. The summed E-state index contributed by atoms with van der Waals surface area (Å²) in [4.78, 5) is 4.41. The van der Waals surface area contributed by atoms with Gasteiger partial charge in [0.1, 0.15) is 12.2 Å².